The van der Waals surface area contributed by atoms with Gasteiger partial charge in [-0.3, -0.25) is 0 Å². The molecule has 0 N–H and O–H groups in total. The number of hydrogen-bond donors (Lipinski definition) is 0. The molecule has 0 radical (unpaired) electrons. The van der Waals surface area contributed by atoms with Crippen molar-refractivity contribution < 1.29 is 9.47 Å². The molecule has 0 spiro atoms. The standard InChI is InChI=1S/C11H10BrNO2/c1-7-6-14-10-5-9(12)8(2-3-13)4-11(10)15-7/h4-5,7H,2,6H2,1H3. The summed E-state index contributed by atoms with van der Waals surface area (Å²) in [6.45, 7) is 2.52. The molecule has 1 aromatic rings. The van der Waals surface area contributed by atoms with E-state index in [9.17, 15) is 0 Å². The number of benzene rings is 1. The van der Waals surface area contributed by atoms with Crippen molar-refractivity contribution in [3.05, 3.63) is 22.2 Å². The Morgan fingerprint density at radius 2 is 2.33 bits per heavy atom. The van der Waals surface area contributed by atoms with Gasteiger partial charge in [-0.25, -0.2) is 0 Å². The normalized spacial score (nSPS) is 18.3. The molecular formula is C11H10BrNO2. The maximum Gasteiger partial charge on any atom is 0.162 e. The lowest BCUT2D eigenvalue weighted by molar-refractivity contribution is 0.104. The summed E-state index contributed by atoms with van der Waals surface area (Å²) in [4.78, 5) is 0. The van der Waals surface area contributed by atoms with Crippen LogP contribution >= 0.6 is 15.9 Å². The number of rotatable bonds is 1. The molecule has 0 bridgehead atoms. The molecule has 0 saturated carbocycles. The van der Waals surface area contributed by atoms with Crippen LogP contribution in [0.25, 0.3) is 0 Å². The molecule has 0 fully saturated rings. The van der Waals surface area contributed by atoms with Gasteiger partial charge < -0.3 is 9.47 Å². The zero-order chi connectivity index (χ0) is 10.8. The van der Waals surface area contributed by atoms with Gasteiger partial charge in [-0.1, -0.05) is 15.9 Å². The van der Waals surface area contributed by atoms with Crippen LogP contribution in [-0.2, 0) is 6.42 Å². The zero-order valence-electron chi connectivity index (χ0n) is 8.29. The van der Waals surface area contributed by atoms with E-state index in [4.69, 9.17) is 14.7 Å². The minimum absolute atomic E-state index is 0.0635. The summed E-state index contributed by atoms with van der Waals surface area (Å²) in [7, 11) is 0. The second-order valence-corrected chi connectivity index (χ2v) is 4.32. The van der Waals surface area contributed by atoms with Crippen LogP contribution < -0.4 is 9.47 Å². The van der Waals surface area contributed by atoms with Crippen molar-refractivity contribution in [2.24, 2.45) is 0 Å². The van der Waals surface area contributed by atoms with Gasteiger partial charge >= 0.3 is 0 Å². The van der Waals surface area contributed by atoms with Gasteiger partial charge in [0, 0.05) is 4.47 Å². The quantitative estimate of drug-likeness (QED) is 0.786. The maximum atomic E-state index is 8.66. The maximum absolute atomic E-state index is 8.66. The van der Waals surface area contributed by atoms with Gasteiger partial charge in [0.05, 0.1) is 12.5 Å². The molecule has 4 heteroatoms. The first-order valence-corrected chi connectivity index (χ1v) is 5.49. The van der Waals surface area contributed by atoms with Crippen molar-refractivity contribution in [3.63, 3.8) is 0 Å². The molecule has 78 valence electrons. The summed E-state index contributed by atoms with van der Waals surface area (Å²) in [6.07, 6.45) is 0.430. The number of nitriles is 1. The third-order valence-electron chi connectivity index (χ3n) is 2.18. The van der Waals surface area contributed by atoms with Crippen LogP contribution in [0.4, 0.5) is 0 Å². The lowest BCUT2D eigenvalue weighted by Crippen LogP contribution is -2.25. The van der Waals surface area contributed by atoms with E-state index in [0.717, 1.165) is 21.5 Å². The molecule has 0 aliphatic carbocycles. The number of nitrogens with zero attached hydrogens (tertiary/aromatic N) is 1. The highest BCUT2D eigenvalue weighted by molar-refractivity contribution is 9.10. The van der Waals surface area contributed by atoms with E-state index in [2.05, 4.69) is 22.0 Å². The minimum atomic E-state index is 0.0635. The summed E-state index contributed by atoms with van der Waals surface area (Å²) in [6, 6.07) is 5.83. The van der Waals surface area contributed by atoms with Crippen molar-refractivity contribution in [1.29, 1.82) is 5.26 Å². The van der Waals surface area contributed by atoms with Crippen LogP contribution in [0.3, 0.4) is 0 Å². The Kier molecular flexibility index (Phi) is 2.83. The number of hydrogen-bond acceptors (Lipinski definition) is 3. The fourth-order valence-corrected chi connectivity index (χ4v) is 1.92. The summed E-state index contributed by atoms with van der Waals surface area (Å²) in [5.74, 6) is 1.46. The molecule has 0 amide bonds. The largest absolute Gasteiger partial charge is 0.486 e. The second-order valence-electron chi connectivity index (χ2n) is 3.46. The molecule has 1 aromatic carbocycles. The predicted octanol–water partition coefficient (Wildman–Crippen LogP) is 2.67. The first-order valence-electron chi connectivity index (χ1n) is 4.69. The molecule has 15 heavy (non-hydrogen) atoms. The number of fused-ring (bicyclic) bond motifs is 1. The Hall–Kier alpha value is -1.21. The molecule has 1 aliphatic rings. The molecule has 1 aliphatic heterocycles. The van der Waals surface area contributed by atoms with Crippen molar-refractivity contribution in [2.45, 2.75) is 19.4 Å². The van der Waals surface area contributed by atoms with Gasteiger partial charge in [-0.15, -0.1) is 0 Å². The summed E-state index contributed by atoms with van der Waals surface area (Å²) < 4.78 is 12.0. The van der Waals surface area contributed by atoms with Crippen LogP contribution in [0, 0.1) is 11.3 Å². The molecule has 1 unspecified atom stereocenters. The van der Waals surface area contributed by atoms with E-state index >= 15 is 0 Å². The smallest absolute Gasteiger partial charge is 0.162 e. The van der Waals surface area contributed by atoms with Crippen LogP contribution in [0.2, 0.25) is 0 Å². The fraction of sp³-hybridized carbons (Fsp3) is 0.364. The van der Waals surface area contributed by atoms with E-state index in [-0.39, 0.29) is 6.10 Å². The third-order valence-corrected chi connectivity index (χ3v) is 2.92. The highest BCUT2D eigenvalue weighted by Crippen LogP contribution is 2.36. The van der Waals surface area contributed by atoms with Crippen LogP contribution in [0.15, 0.2) is 16.6 Å². The predicted molar refractivity (Wildman–Crippen MR) is 59.0 cm³/mol. The topological polar surface area (TPSA) is 42.2 Å². The van der Waals surface area contributed by atoms with E-state index in [1.807, 2.05) is 19.1 Å². The minimum Gasteiger partial charge on any atom is -0.486 e. The Labute approximate surface area is 96.7 Å². The van der Waals surface area contributed by atoms with E-state index in [0.29, 0.717) is 13.0 Å². The second kappa shape index (κ2) is 4.11. The van der Waals surface area contributed by atoms with E-state index in [1.165, 1.54) is 0 Å². The van der Waals surface area contributed by atoms with Gasteiger partial charge in [0.25, 0.3) is 0 Å². The van der Waals surface area contributed by atoms with E-state index in [1.54, 1.807) is 0 Å². The Bertz CT molecular complexity index is 425. The Morgan fingerprint density at radius 3 is 3.07 bits per heavy atom. The highest BCUT2D eigenvalue weighted by atomic mass is 79.9. The Morgan fingerprint density at radius 1 is 1.53 bits per heavy atom. The average Bonchev–Trinajstić information content (AvgIpc) is 2.20. The summed E-state index contributed by atoms with van der Waals surface area (Å²) in [5, 5.41) is 8.66. The van der Waals surface area contributed by atoms with Gasteiger partial charge in [0.1, 0.15) is 12.7 Å². The Balaban J connectivity index is 2.39. The van der Waals surface area contributed by atoms with Crippen molar-refractivity contribution in [2.75, 3.05) is 6.61 Å². The summed E-state index contributed by atoms with van der Waals surface area (Å²) in [5.41, 5.74) is 0.925. The highest BCUT2D eigenvalue weighted by Gasteiger charge is 2.19. The molecule has 0 saturated heterocycles. The first-order chi connectivity index (χ1) is 7.20. The third kappa shape index (κ3) is 2.07. The van der Waals surface area contributed by atoms with Crippen LogP contribution in [0.1, 0.15) is 12.5 Å². The van der Waals surface area contributed by atoms with Crippen molar-refractivity contribution >= 4 is 15.9 Å². The summed E-state index contributed by atoms with van der Waals surface area (Å²) >= 11 is 3.40. The number of ether oxygens (including phenoxy) is 2. The van der Waals surface area contributed by atoms with Gasteiger partial charge in [-0.2, -0.15) is 5.26 Å². The molecular weight excluding hydrogens is 258 g/mol. The molecule has 1 heterocycles. The fourth-order valence-electron chi connectivity index (χ4n) is 1.46. The SMILES string of the molecule is CC1COc2cc(Br)c(CC#N)cc2O1. The van der Waals surface area contributed by atoms with Gasteiger partial charge in [0.2, 0.25) is 0 Å². The van der Waals surface area contributed by atoms with Gasteiger partial charge in [-0.05, 0) is 24.6 Å². The lowest BCUT2D eigenvalue weighted by atomic mass is 10.1. The molecule has 1 atom stereocenters. The average molecular weight is 268 g/mol. The van der Waals surface area contributed by atoms with E-state index < -0.39 is 0 Å². The molecule has 0 aromatic heterocycles. The van der Waals surface area contributed by atoms with Gasteiger partial charge in [0.15, 0.2) is 11.5 Å². The zero-order valence-corrected chi connectivity index (χ0v) is 9.87. The van der Waals surface area contributed by atoms with Crippen molar-refractivity contribution in [3.8, 4) is 17.6 Å². The van der Waals surface area contributed by atoms with Crippen LogP contribution in [0.5, 0.6) is 11.5 Å². The lowest BCUT2D eigenvalue weighted by Gasteiger charge is -2.24. The monoisotopic (exact) mass is 267 g/mol. The molecule has 2 rings (SSSR count). The number of halogens is 1. The molecule has 3 nitrogen and oxygen atoms in total. The van der Waals surface area contributed by atoms with Crippen LogP contribution in [-0.4, -0.2) is 12.7 Å². The first kappa shape index (κ1) is 10.3. The van der Waals surface area contributed by atoms with Crippen molar-refractivity contribution in [1.82, 2.24) is 0 Å².